The summed E-state index contributed by atoms with van der Waals surface area (Å²) in [5.41, 5.74) is 0.700. The first-order valence-corrected chi connectivity index (χ1v) is 9.32. The second-order valence-electron chi connectivity index (χ2n) is 7.29. The van der Waals surface area contributed by atoms with Crippen LogP contribution in [0.5, 0.6) is 5.75 Å². The highest BCUT2D eigenvalue weighted by atomic mass is 19.2. The molecule has 1 aliphatic rings. The molecule has 1 N–H and O–H groups in total. The van der Waals surface area contributed by atoms with Gasteiger partial charge >= 0.3 is 0 Å². The maximum absolute atomic E-state index is 13.9. The van der Waals surface area contributed by atoms with E-state index in [1.807, 2.05) is 24.3 Å². The molecule has 1 heterocycles. The van der Waals surface area contributed by atoms with E-state index < -0.39 is 23.1 Å². The van der Waals surface area contributed by atoms with Crippen molar-refractivity contribution in [2.75, 3.05) is 7.11 Å². The van der Waals surface area contributed by atoms with Gasteiger partial charge in [0.05, 0.1) is 12.5 Å². The number of nitrogens with zero attached hydrogens (tertiary/aromatic N) is 2. The fraction of sp³-hybridized carbons (Fsp3) is 0.273. The average molecular weight is 397 g/mol. The van der Waals surface area contributed by atoms with Crippen LogP contribution in [0.2, 0.25) is 0 Å². The van der Waals surface area contributed by atoms with Crippen molar-refractivity contribution in [3.8, 4) is 5.75 Å². The normalized spacial score (nSPS) is 15.6. The highest BCUT2D eigenvalue weighted by molar-refractivity contribution is 5.91. The average Bonchev–Trinajstić information content (AvgIpc) is 3.44. The minimum atomic E-state index is -0.966. The van der Waals surface area contributed by atoms with Crippen LogP contribution in [0.3, 0.4) is 0 Å². The number of carbonyl (C=O) groups excluding carboxylic acids is 1. The molecule has 4 rings (SSSR count). The molecular formula is C22H21F2N3O2. The molecule has 3 aromatic rings. The molecule has 2 aromatic carbocycles. The lowest BCUT2D eigenvalue weighted by molar-refractivity contribution is -0.124. The van der Waals surface area contributed by atoms with Crippen LogP contribution in [0.1, 0.15) is 35.8 Å². The van der Waals surface area contributed by atoms with Gasteiger partial charge in [-0.15, -0.1) is 0 Å². The first kappa shape index (κ1) is 19.1. The molecule has 150 valence electrons. The maximum atomic E-state index is 13.9. The summed E-state index contributed by atoms with van der Waals surface area (Å²) in [6.07, 6.45) is 4.78. The number of carbonyl (C=O) groups is 1. The van der Waals surface area contributed by atoms with E-state index in [0.29, 0.717) is 11.4 Å². The smallest absolute Gasteiger partial charge is 0.231 e. The van der Waals surface area contributed by atoms with Crippen LogP contribution >= 0.6 is 0 Å². The molecule has 1 atom stereocenters. The minimum Gasteiger partial charge on any atom is -0.497 e. The van der Waals surface area contributed by atoms with E-state index in [-0.39, 0.29) is 5.91 Å². The van der Waals surface area contributed by atoms with Crippen LogP contribution in [0.15, 0.2) is 54.9 Å². The minimum absolute atomic E-state index is 0.166. The van der Waals surface area contributed by atoms with Crippen molar-refractivity contribution in [1.29, 1.82) is 0 Å². The Balaban J connectivity index is 1.66. The molecule has 0 radical (unpaired) electrons. The van der Waals surface area contributed by atoms with E-state index in [1.165, 1.54) is 6.07 Å². The Kier molecular flexibility index (Phi) is 4.82. The van der Waals surface area contributed by atoms with Crippen molar-refractivity contribution in [1.82, 2.24) is 14.9 Å². The summed E-state index contributed by atoms with van der Waals surface area (Å²) < 4.78 is 34.3. The third-order valence-electron chi connectivity index (χ3n) is 5.50. The summed E-state index contributed by atoms with van der Waals surface area (Å²) in [7, 11) is 3.38. The molecule has 0 aliphatic heterocycles. The molecule has 7 heteroatoms. The van der Waals surface area contributed by atoms with Gasteiger partial charge in [-0.2, -0.15) is 0 Å². The molecular weight excluding hydrogens is 376 g/mol. The number of imidazole rings is 1. The zero-order valence-electron chi connectivity index (χ0n) is 16.2. The summed E-state index contributed by atoms with van der Waals surface area (Å²) in [6.45, 7) is 0. The lowest BCUT2D eigenvalue weighted by Crippen LogP contribution is -2.38. The quantitative estimate of drug-likeness (QED) is 0.691. The molecule has 0 spiro atoms. The van der Waals surface area contributed by atoms with Gasteiger partial charge in [-0.1, -0.05) is 18.2 Å². The van der Waals surface area contributed by atoms with Gasteiger partial charge in [0.15, 0.2) is 11.6 Å². The number of amides is 1. The topological polar surface area (TPSA) is 56.1 Å². The van der Waals surface area contributed by atoms with E-state index in [2.05, 4.69) is 10.3 Å². The van der Waals surface area contributed by atoms with Gasteiger partial charge in [0.25, 0.3) is 0 Å². The Bertz CT molecular complexity index is 1040. The second-order valence-corrected chi connectivity index (χ2v) is 7.29. The van der Waals surface area contributed by atoms with E-state index in [4.69, 9.17) is 4.74 Å². The third kappa shape index (κ3) is 3.48. The summed E-state index contributed by atoms with van der Waals surface area (Å²) in [5.74, 6) is -0.810. The fourth-order valence-electron chi connectivity index (χ4n) is 3.60. The summed E-state index contributed by atoms with van der Waals surface area (Å²) in [6, 6.07) is 10.4. The fourth-order valence-corrected chi connectivity index (χ4v) is 3.60. The highest BCUT2D eigenvalue weighted by Gasteiger charge is 2.51. The summed E-state index contributed by atoms with van der Waals surface area (Å²) in [4.78, 5) is 17.6. The van der Waals surface area contributed by atoms with Gasteiger partial charge in [-0.3, -0.25) is 4.79 Å². The van der Waals surface area contributed by atoms with Gasteiger partial charge in [0.1, 0.15) is 17.6 Å². The number of nitrogens with one attached hydrogen (secondary N) is 1. The van der Waals surface area contributed by atoms with Gasteiger partial charge in [-0.05, 0) is 48.2 Å². The predicted molar refractivity (Wildman–Crippen MR) is 103 cm³/mol. The molecule has 1 aromatic heterocycles. The Morgan fingerprint density at radius 2 is 1.90 bits per heavy atom. The number of hydrogen-bond acceptors (Lipinski definition) is 3. The Morgan fingerprint density at radius 3 is 2.45 bits per heavy atom. The molecule has 1 saturated carbocycles. The van der Waals surface area contributed by atoms with Crippen molar-refractivity contribution in [3.05, 3.63) is 83.4 Å². The van der Waals surface area contributed by atoms with Crippen LogP contribution in [-0.4, -0.2) is 22.6 Å². The summed E-state index contributed by atoms with van der Waals surface area (Å²) in [5, 5.41) is 3.01. The van der Waals surface area contributed by atoms with Crippen LogP contribution in [0.25, 0.3) is 0 Å². The van der Waals surface area contributed by atoms with Gasteiger partial charge in [0, 0.05) is 19.4 Å². The van der Waals surface area contributed by atoms with Crippen molar-refractivity contribution >= 4 is 5.91 Å². The predicted octanol–water partition coefficient (Wildman–Crippen LogP) is 3.64. The number of benzene rings is 2. The van der Waals surface area contributed by atoms with E-state index in [9.17, 15) is 13.6 Å². The lowest BCUT2D eigenvalue weighted by atomic mass is 9.94. The van der Waals surface area contributed by atoms with Crippen LogP contribution < -0.4 is 10.1 Å². The molecule has 1 amide bonds. The van der Waals surface area contributed by atoms with E-state index >= 15 is 0 Å². The largest absolute Gasteiger partial charge is 0.497 e. The van der Waals surface area contributed by atoms with Crippen molar-refractivity contribution in [2.24, 2.45) is 7.05 Å². The van der Waals surface area contributed by atoms with Gasteiger partial charge in [-0.25, -0.2) is 13.8 Å². The molecule has 1 fully saturated rings. The zero-order chi connectivity index (χ0) is 20.6. The second kappa shape index (κ2) is 7.31. The number of rotatable bonds is 6. The molecule has 0 unspecified atom stereocenters. The Labute approximate surface area is 167 Å². The number of aromatic nitrogens is 2. The van der Waals surface area contributed by atoms with Crippen molar-refractivity contribution in [2.45, 2.75) is 24.3 Å². The first-order valence-electron chi connectivity index (χ1n) is 9.32. The number of halogens is 2. The first-order chi connectivity index (χ1) is 13.9. The molecule has 5 nitrogen and oxygen atoms in total. The van der Waals surface area contributed by atoms with Crippen LogP contribution in [0, 0.1) is 11.6 Å². The molecule has 1 aliphatic carbocycles. The van der Waals surface area contributed by atoms with Gasteiger partial charge < -0.3 is 14.6 Å². The molecule has 0 saturated heterocycles. The number of aryl methyl sites for hydroxylation is 1. The molecule has 0 bridgehead atoms. The van der Waals surface area contributed by atoms with Crippen molar-refractivity contribution < 1.29 is 18.3 Å². The zero-order valence-corrected chi connectivity index (χ0v) is 16.2. The van der Waals surface area contributed by atoms with Gasteiger partial charge in [0.2, 0.25) is 5.91 Å². The highest BCUT2D eigenvalue weighted by Crippen LogP contribution is 2.49. The maximum Gasteiger partial charge on any atom is 0.231 e. The van der Waals surface area contributed by atoms with Crippen LogP contribution in [-0.2, 0) is 17.3 Å². The van der Waals surface area contributed by atoms with Crippen LogP contribution in [0.4, 0.5) is 8.78 Å². The Morgan fingerprint density at radius 1 is 1.17 bits per heavy atom. The molecule has 29 heavy (non-hydrogen) atoms. The summed E-state index contributed by atoms with van der Waals surface area (Å²) >= 11 is 0. The monoisotopic (exact) mass is 397 g/mol. The van der Waals surface area contributed by atoms with Crippen molar-refractivity contribution in [3.63, 3.8) is 0 Å². The van der Waals surface area contributed by atoms with E-state index in [0.717, 1.165) is 36.3 Å². The number of hydrogen-bond donors (Lipinski definition) is 1. The number of ether oxygens (including phenoxy) is 1. The standard InChI is InChI=1S/C22H21F2N3O2/c1-27-12-11-25-20(27)19(14-3-8-17(23)18(24)13-14)26-21(28)22(9-10-22)15-4-6-16(29-2)7-5-15/h3-8,11-13,19H,9-10H2,1-2H3,(H,26,28)/t19-/m0/s1. The lowest BCUT2D eigenvalue weighted by Gasteiger charge is -2.23. The Hall–Kier alpha value is -3.22. The third-order valence-corrected chi connectivity index (χ3v) is 5.50. The van der Waals surface area contributed by atoms with E-state index in [1.54, 1.807) is 31.1 Å². The SMILES string of the molecule is COc1ccc(C2(C(=O)N[C@@H](c3ccc(F)c(F)c3)c3nccn3C)CC2)cc1. The number of methoxy groups -OCH3 is 1.